The summed E-state index contributed by atoms with van der Waals surface area (Å²) < 4.78 is 4.82. The molecule has 2 rings (SSSR count). The van der Waals surface area contributed by atoms with Gasteiger partial charge in [-0.3, -0.25) is 9.59 Å². The van der Waals surface area contributed by atoms with Crippen molar-refractivity contribution in [3.05, 3.63) is 59.1 Å². The molecule has 0 aliphatic carbocycles. The number of aliphatic hydroxyl groups is 1. The predicted octanol–water partition coefficient (Wildman–Crippen LogP) is 3.33. The van der Waals surface area contributed by atoms with Crippen LogP contribution in [0, 0.1) is 0 Å². The van der Waals surface area contributed by atoms with E-state index >= 15 is 0 Å². The van der Waals surface area contributed by atoms with E-state index in [2.05, 4.69) is 5.32 Å². The minimum Gasteiger partial charge on any atom is -0.464 e. The number of hydrogen-bond acceptors (Lipinski definition) is 5. The fourth-order valence-electron chi connectivity index (χ4n) is 3.01. The van der Waals surface area contributed by atoms with Crippen molar-refractivity contribution in [1.29, 1.82) is 0 Å². The number of ether oxygens (including phenoxy) is 1. The Bertz CT molecular complexity index is 881. The van der Waals surface area contributed by atoms with Gasteiger partial charge in [0.05, 0.1) is 6.61 Å². The molecule has 30 heavy (non-hydrogen) atoms. The number of carbonyl (C=O) groups excluding carboxylic acids is 3. The molecule has 0 saturated heterocycles. The molecule has 160 valence electrons. The third-order valence-electron chi connectivity index (χ3n) is 4.57. The van der Waals surface area contributed by atoms with Gasteiger partial charge < -0.3 is 15.2 Å². The van der Waals surface area contributed by atoms with E-state index in [9.17, 15) is 19.5 Å². The molecular weight excluding hydrogens is 406 g/mol. The number of benzene rings is 2. The summed E-state index contributed by atoms with van der Waals surface area (Å²) in [5.74, 6) is -2.04. The minimum atomic E-state index is -1.39. The maximum Gasteiger partial charge on any atom is 0.335 e. The fraction of sp³-hybridized carbons (Fsp3) is 0.348. The summed E-state index contributed by atoms with van der Waals surface area (Å²) in [5, 5.41) is 13.4. The van der Waals surface area contributed by atoms with Crippen LogP contribution in [0.1, 0.15) is 32.3 Å². The highest BCUT2D eigenvalue weighted by molar-refractivity contribution is 6.36. The van der Waals surface area contributed by atoms with E-state index in [0.717, 1.165) is 16.7 Å². The molecule has 0 radical (unpaired) electrons. The van der Waals surface area contributed by atoms with Crippen LogP contribution in [-0.2, 0) is 25.5 Å². The molecule has 1 amide bonds. The average Bonchev–Trinajstić information content (AvgIpc) is 2.73. The van der Waals surface area contributed by atoms with E-state index in [1.165, 1.54) is 0 Å². The van der Waals surface area contributed by atoms with Crippen molar-refractivity contribution in [2.75, 3.05) is 6.61 Å². The van der Waals surface area contributed by atoms with Gasteiger partial charge in [0.2, 0.25) is 5.78 Å². The highest BCUT2D eigenvalue weighted by Crippen LogP contribution is 2.23. The van der Waals surface area contributed by atoms with Gasteiger partial charge >= 0.3 is 5.97 Å². The number of esters is 1. The molecule has 7 heteroatoms. The molecule has 0 spiro atoms. The van der Waals surface area contributed by atoms with Crippen molar-refractivity contribution >= 4 is 29.3 Å². The molecule has 2 aromatic rings. The zero-order valence-electron chi connectivity index (χ0n) is 17.1. The number of nitrogens with one attached hydrogen (secondary N) is 1. The first-order valence-corrected chi connectivity index (χ1v) is 10.2. The van der Waals surface area contributed by atoms with Gasteiger partial charge in [-0.25, -0.2) is 4.79 Å². The average molecular weight is 432 g/mol. The summed E-state index contributed by atoms with van der Waals surface area (Å²) in [7, 11) is 0. The lowest BCUT2D eigenvalue weighted by Gasteiger charge is -2.21. The Labute approximate surface area is 181 Å². The first kappa shape index (κ1) is 23.6. The molecule has 0 aromatic heterocycles. The molecular formula is C23H26ClNO5. The largest absolute Gasteiger partial charge is 0.464 e. The molecule has 0 bridgehead atoms. The van der Waals surface area contributed by atoms with Crippen LogP contribution in [0.4, 0.5) is 0 Å². The first-order chi connectivity index (χ1) is 14.3. The summed E-state index contributed by atoms with van der Waals surface area (Å²) in [6.45, 7) is 3.39. The van der Waals surface area contributed by atoms with Crippen LogP contribution in [0.25, 0.3) is 11.1 Å². The Balaban J connectivity index is 2.14. The highest BCUT2D eigenvalue weighted by Gasteiger charge is 2.25. The van der Waals surface area contributed by atoms with Gasteiger partial charge in [0, 0.05) is 23.9 Å². The van der Waals surface area contributed by atoms with Crippen LogP contribution >= 0.6 is 11.6 Å². The lowest BCUT2D eigenvalue weighted by molar-refractivity contribution is -0.153. The molecule has 0 fully saturated rings. The second-order valence-corrected chi connectivity index (χ2v) is 7.30. The van der Waals surface area contributed by atoms with Gasteiger partial charge in [-0.15, -0.1) is 0 Å². The van der Waals surface area contributed by atoms with Crippen LogP contribution in [0.15, 0.2) is 48.5 Å². The van der Waals surface area contributed by atoms with Crippen LogP contribution in [-0.4, -0.2) is 41.5 Å². The van der Waals surface area contributed by atoms with E-state index in [4.69, 9.17) is 16.3 Å². The Hall–Kier alpha value is -2.70. The van der Waals surface area contributed by atoms with E-state index < -0.39 is 29.8 Å². The maximum absolute atomic E-state index is 12.1. The quantitative estimate of drug-likeness (QED) is 0.444. The zero-order chi connectivity index (χ0) is 22.1. The molecule has 0 saturated carbocycles. The predicted molar refractivity (Wildman–Crippen MR) is 115 cm³/mol. The smallest absolute Gasteiger partial charge is 0.335 e. The molecule has 0 aliphatic rings. The van der Waals surface area contributed by atoms with Gasteiger partial charge in [-0.2, -0.15) is 0 Å². The Morgan fingerprint density at radius 2 is 1.77 bits per heavy atom. The molecule has 2 N–H and O–H groups in total. The lowest BCUT2D eigenvalue weighted by atomic mass is 9.97. The van der Waals surface area contributed by atoms with E-state index in [1.807, 2.05) is 42.5 Å². The summed E-state index contributed by atoms with van der Waals surface area (Å²) in [6, 6.07) is 14.5. The summed E-state index contributed by atoms with van der Waals surface area (Å²) in [6.07, 6.45) is -1.03. The monoisotopic (exact) mass is 431 g/mol. The number of halogens is 1. The number of Topliss-reactive ketones (excluding diaryl/α,β-unsaturated/α-hetero) is 1. The lowest BCUT2D eigenvalue weighted by Crippen LogP contribution is -2.43. The SMILES string of the molecule is CCOC(=O)[C@H](O)C[C@@H](Cc1ccc(-c2cccc(Cl)c2)cc1)NC(=O)C(=O)CC. The molecule has 2 atom stereocenters. The standard InChI is InChI=1S/C23H26ClNO5/c1-3-20(26)22(28)25-19(14-21(27)23(29)30-4-2)12-15-8-10-16(11-9-15)17-6-5-7-18(24)13-17/h5-11,13,19,21,27H,3-4,12,14H2,1-2H3,(H,25,28)/t19-,21-/m1/s1. The van der Waals surface area contributed by atoms with Gasteiger partial charge in [0.15, 0.2) is 6.10 Å². The van der Waals surface area contributed by atoms with E-state index in [0.29, 0.717) is 11.4 Å². The number of rotatable bonds is 10. The number of amides is 1. The normalized spacial score (nSPS) is 12.7. The van der Waals surface area contributed by atoms with Crippen LogP contribution in [0.3, 0.4) is 0 Å². The molecule has 0 aliphatic heterocycles. The first-order valence-electron chi connectivity index (χ1n) is 9.87. The minimum absolute atomic E-state index is 0.0579. The highest BCUT2D eigenvalue weighted by atomic mass is 35.5. The van der Waals surface area contributed by atoms with Crippen molar-refractivity contribution in [2.24, 2.45) is 0 Å². The third kappa shape index (κ3) is 6.97. The van der Waals surface area contributed by atoms with Crippen molar-refractivity contribution in [3.63, 3.8) is 0 Å². The molecule has 0 heterocycles. The van der Waals surface area contributed by atoms with Crippen molar-refractivity contribution < 1.29 is 24.2 Å². The molecule has 2 aromatic carbocycles. The van der Waals surface area contributed by atoms with Crippen LogP contribution in [0.5, 0.6) is 0 Å². The van der Waals surface area contributed by atoms with Crippen molar-refractivity contribution in [3.8, 4) is 11.1 Å². The van der Waals surface area contributed by atoms with Crippen LogP contribution in [0.2, 0.25) is 5.02 Å². The van der Waals surface area contributed by atoms with Crippen molar-refractivity contribution in [2.45, 2.75) is 45.3 Å². The zero-order valence-corrected chi connectivity index (χ0v) is 17.8. The summed E-state index contributed by atoms with van der Waals surface area (Å²) in [4.78, 5) is 35.5. The van der Waals surface area contributed by atoms with Crippen LogP contribution < -0.4 is 5.32 Å². The van der Waals surface area contributed by atoms with E-state index in [1.54, 1.807) is 19.9 Å². The second-order valence-electron chi connectivity index (χ2n) is 6.86. The molecule has 6 nitrogen and oxygen atoms in total. The summed E-state index contributed by atoms with van der Waals surface area (Å²) in [5.41, 5.74) is 2.84. The number of carbonyl (C=O) groups is 3. The van der Waals surface area contributed by atoms with Gasteiger partial charge in [0.1, 0.15) is 0 Å². The fourth-order valence-corrected chi connectivity index (χ4v) is 3.20. The van der Waals surface area contributed by atoms with Gasteiger partial charge in [-0.05, 0) is 42.2 Å². The van der Waals surface area contributed by atoms with E-state index in [-0.39, 0.29) is 19.4 Å². The molecule has 0 unspecified atom stereocenters. The van der Waals surface area contributed by atoms with Gasteiger partial charge in [-0.1, -0.05) is 54.9 Å². The van der Waals surface area contributed by atoms with Crippen molar-refractivity contribution in [1.82, 2.24) is 5.32 Å². The Morgan fingerprint density at radius 3 is 2.37 bits per heavy atom. The third-order valence-corrected chi connectivity index (χ3v) is 4.81. The second kappa shape index (κ2) is 11.5. The number of hydrogen-bond donors (Lipinski definition) is 2. The number of ketones is 1. The maximum atomic E-state index is 12.1. The van der Waals surface area contributed by atoms with Gasteiger partial charge in [0.25, 0.3) is 5.91 Å². The summed E-state index contributed by atoms with van der Waals surface area (Å²) >= 11 is 6.05. The number of aliphatic hydroxyl groups excluding tert-OH is 1. The topological polar surface area (TPSA) is 92.7 Å². The Kier molecular flexibility index (Phi) is 9.02. The Morgan fingerprint density at radius 1 is 1.07 bits per heavy atom.